The lowest BCUT2D eigenvalue weighted by molar-refractivity contribution is 0.642. The van der Waals surface area contributed by atoms with Crippen LogP contribution in [0.25, 0.3) is 0 Å². The Labute approximate surface area is 130 Å². The van der Waals surface area contributed by atoms with Crippen molar-refractivity contribution in [2.24, 2.45) is 0 Å². The first-order chi connectivity index (χ1) is 10.8. The standard InChI is InChI=1S/C15H21N7/c1-2-17-14-13(16)15(20-11-19-14)22-9-7-21(8-10-22)12-5-3-4-6-18-12/h3-6,11H,2,7-10,16H2,1H3,(H,17,19,20). The van der Waals surface area contributed by atoms with Gasteiger partial charge in [-0.3, -0.25) is 0 Å². The van der Waals surface area contributed by atoms with Crippen molar-refractivity contribution in [2.75, 3.05) is 53.6 Å². The summed E-state index contributed by atoms with van der Waals surface area (Å²) in [5.74, 6) is 2.54. The molecule has 0 unspecified atom stereocenters. The van der Waals surface area contributed by atoms with Crippen molar-refractivity contribution in [1.29, 1.82) is 0 Å². The number of nitrogens with one attached hydrogen (secondary N) is 1. The number of rotatable bonds is 4. The molecule has 116 valence electrons. The molecule has 1 aliphatic rings. The fourth-order valence-electron chi connectivity index (χ4n) is 2.63. The zero-order valence-corrected chi connectivity index (χ0v) is 12.7. The molecule has 0 radical (unpaired) electrons. The largest absolute Gasteiger partial charge is 0.393 e. The van der Waals surface area contributed by atoms with Crippen LogP contribution in [-0.2, 0) is 0 Å². The Kier molecular flexibility index (Phi) is 4.22. The smallest absolute Gasteiger partial charge is 0.157 e. The van der Waals surface area contributed by atoms with E-state index in [2.05, 4.69) is 30.1 Å². The minimum atomic E-state index is 0.621. The van der Waals surface area contributed by atoms with Crippen LogP contribution in [0.2, 0.25) is 0 Å². The van der Waals surface area contributed by atoms with E-state index >= 15 is 0 Å². The molecule has 3 heterocycles. The van der Waals surface area contributed by atoms with Crippen molar-refractivity contribution in [3.63, 3.8) is 0 Å². The summed E-state index contributed by atoms with van der Waals surface area (Å²) in [7, 11) is 0. The number of piperazine rings is 1. The van der Waals surface area contributed by atoms with Gasteiger partial charge in [0, 0.05) is 38.9 Å². The Balaban J connectivity index is 1.70. The average molecular weight is 299 g/mol. The van der Waals surface area contributed by atoms with Gasteiger partial charge in [0.15, 0.2) is 11.6 Å². The van der Waals surface area contributed by atoms with Gasteiger partial charge in [-0.15, -0.1) is 0 Å². The molecule has 2 aromatic rings. The van der Waals surface area contributed by atoms with Crippen LogP contribution in [0.1, 0.15) is 6.92 Å². The van der Waals surface area contributed by atoms with E-state index < -0.39 is 0 Å². The summed E-state index contributed by atoms with van der Waals surface area (Å²) in [5.41, 5.74) is 6.81. The van der Waals surface area contributed by atoms with Gasteiger partial charge in [-0.05, 0) is 19.1 Å². The molecule has 1 aliphatic heterocycles. The van der Waals surface area contributed by atoms with Gasteiger partial charge in [0.1, 0.15) is 17.8 Å². The highest BCUT2D eigenvalue weighted by Crippen LogP contribution is 2.27. The van der Waals surface area contributed by atoms with Gasteiger partial charge in [-0.1, -0.05) is 6.07 Å². The molecule has 1 fully saturated rings. The van der Waals surface area contributed by atoms with E-state index in [1.807, 2.05) is 31.3 Å². The van der Waals surface area contributed by atoms with E-state index in [0.29, 0.717) is 11.5 Å². The second-order valence-corrected chi connectivity index (χ2v) is 5.15. The third-order valence-corrected chi connectivity index (χ3v) is 3.76. The molecule has 7 nitrogen and oxygen atoms in total. The first-order valence-corrected chi connectivity index (χ1v) is 7.55. The van der Waals surface area contributed by atoms with Crippen LogP contribution in [0.3, 0.4) is 0 Å². The maximum absolute atomic E-state index is 6.19. The minimum Gasteiger partial charge on any atom is -0.393 e. The fraction of sp³-hybridized carbons (Fsp3) is 0.400. The van der Waals surface area contributed by atoms with Gasteiger partial charge < -0.3 is 20.9 Å². The predicted molar refractivity (Wildman–Crippen MR) is 89.3 cm³/mol. The SMILES string of the molecule is CCNc1ncnc(N2CCN(c3ccccn3)CC2)c1N. The topological polar surface area (TPSA) is 83.2 Å². The average Bonchev–Trinajstić information content (AvgIpc) is 2.58. The summed E-state index contributed by atoms with van der Waals surface area (Å²) < 4.78 is 0. The number of pyridine rings is 1. The van der Waals surface area contributed by atoms with E-state index in [-0.39, 0.29) is 0 Å². The summed E-state index contributed by atoms with van der Waals surface area (Å²) in [6.07, 6.45) is 3.39. The zero-order chi connectivity index (χ0) is 15.4. The van der Waals surface area contributed by atoms with Gasteiger partial charge in [-0.25, -0.2) is 15.0 Å². The van der Waals surface area contributed by atoms with Crippen molar-refractivity contribution in [1.82, 2.24) is 15.0 Å². The first kappa shape index (κ1) is 14.4. The lowest BCUT2D eigenvalue weighted by Crippen LogP contribution is -2.47. The molecule has 3 rings (SSSR count). The summed E-state index contributed by atoms with van der Waals surface area (Å²) in [5, 5.41) is 3.17. The van der Waals surface area contributed by atoms with Gasteiger partial charge in [-0.2, -0.15) is 0 Å². The van der Waals surface area contributed by atoms with Gasteiger partial charge in [0.2, 0.25) is 0 Å². The van der Waals surface area contributed by atoms with E-state index in [4.69, 9.17) is 5.73 Å². The summed E-state index contributed by atoms with van der Waals surface area (Å²) in [4.78, 5) is 17.4. The van der Waals surface area contributed by atoms with Crippen molar-refractivity contribution in [2.45, 2.75) is 6.92 Å². The second kappa shape index (κ2) is 6.46. The molecular weight excluding hydrogens is 278 g/mol. The number of nitrogens with zero attached hydrogens (tertiary/aromatic N) is 5. The molecular formula is C15H21N7. The maximum Gasteiger partial charge on any atom is 0.157 e. The van der Waals surface area contributed by atoms with Crippen molar-refractivity contribution < 1.29 is 0 Å². The molecule has 0 spiro atoms. The Morgan fingerprint density at radius 2 is 1.86 bits per heavy atom. The summed E-state index contributed by atoms with van der Waals surface area (Å²) in [6.45, 7) is 6.33. The maximum atomic E-state index is 6.19. The molecule has 22 heavy (non-hydrogen) atoms. The molecule has 0 aliphatic carbocycles. The quantitative estimate of drug-likeness (QED) is 0.878. The van der Waals surface area contributed by atoms with Crippen LogP contribution < -0.4 is 20.9 Å². The van der Waals surface area contributed by atoms with Gasteiger partial charge in [0.25, 0.3) is 0 Å². The second-order valence-electron chi connectivity index (χ2n) is 5.15. The summed E-state index contributed by atoms with van der Waals surface area (Å²) >= 11 is 0. The van der Waals surface area contributed by atoms with Crippen LogP contribution >= 0.6 is 0 Å². The third-order valence-electron chi connectivity index (χ3n) is 3.76. The third kappa shape index (κ3) is 2.88. The normalized spacial score (nSPS) is 15.0. The molecule has 7 heteroatoms. The highest BCUT2D eigenvalue weighted by atomic mass is 15.3. The Bertz CT molecular complexity index is 609. The van der Waals surface area contributed by atoms with E-state index in [0.717, 1.165) is 44.4 Å². The van der Waals surface area contributed by atoms with Crippen LogP contribution in [-0.4, -0.2) is 47.7 Å². The van der Waals surface area contributed by atoms with Gasteiger partial charge in [0.05, 0.1) is 0 Å². The molecule has 0 aromatic carbocycles. The van der Waals surface area contributed by atoms with E-state index in [1.165, 1.54) is 0 Å². The lowest BCUT2D eigenvalue weighted by Gasteiger charge is -2.36. The summed E-state index contributed by atoms with van der Waals surface area (Å²) in [6, 6.07) is 5.99. The minimum absolute atomic E-state index is 0.621. The molecule has 0 saturated carbocycles. The number of hydrogen-bond acceptors (Lipinski definition) is 7. The number of nitrogen functional groups attached to an aromatic ring is 1. The number of hydrogen-bond donors (Lipinski definition) is 2. The number of anilines is 4. The van der Waals surface area contributed by atoms with Crippen LogP contribution in [0.15, 0.2) is 30.7 Å². The lowest BCUT2D eigenvalue weighted by atomic mass is 10.3. The molecule has 1 saturated heterocycles. The number of nitrogens with two attached hydrogens (primary N) is 1. The predicted octanol–water partition coefficient (Wildman–Crippen LogP) is 1.21. The Hall–Kier alpha value is -2.57. The monoisotopic (exact) mass is 299 g/mol. The van der Waals surface area contributed by atoms with Crippen molar-refractivity contribution >= 4 is 23.1 Å². The fourth-order valence-corrected chi connectivity index (χ4v) is 2.63. The highest BCUT2D eigenvalue weighted by molar-refractivity contribution is 5.75. The Morgan fingerprint density at radius 3 is 2.55 bits per heavy atom. The molecule has 3 N–H and O–H groups in total. The van der Waals surface area contributed by atoms with E-state index in [9.17, 15) is 0 Å². The van der Waals surface area contributed by atoms with Crippen LogP contribution in [0.5, 0.6) is 0 Å². The van der Waals surface area contributed by atoms with E-state index in [1.54, 1.807) is 6.33 Å². The van der Waals surface area contributed by atoms with Gasteiger partial charge >= 0.3 is 0 Å². The Morgan fingerprint density at radius 1 is 1.09 bits per heavy atom. The number of aromatic nitrogens is 3. The van der Waals surface area contributed by atoms with Crippen molar-refractivity contribution in [3.05, 3.63) is 30.7 Å². The first-order valence-electron chi connectivity index (χ1n) is 7.55. The highest BCUT2D eigenvalue weighted by Gasteiger charge is 2.21. The molecule has 2 aromatic heterocycles. The van der Waals surface area contributed by atoms with Crippen LogP contribution in [0, 0.1) is 0 Å². The molecule has 0 bridgehead atoms. The van der Waals surface area contributed by atoms with Crippen molar-refractivity contribution in [3.8, 4) is 0 Å². The zero-order valence-electron chi connectivity index (χ0n) is 12.7. The van der Waals surface area contributed by atoms with Crippen LogP contribution in [0.4, 0.5) is 23.1 Å². The molecule has 0 atom stereocenters. The molecule has 0 amide bonds.